The number of hydrogen-bond donors (Lipinski definition) is 2. The minimum absolute atomic E-state index is 0.0221. The van der Waals surface area contributed by atoms with E-state index in [1.54, 1.807) is 4.90 Å². The second kappa shape index (κ2) is 6.17. The van der Waals surface area contributed by atoms with Gasteiger partial charge in [-0.05, 0) is 37.8 Å². The zero-order chi connectivity index (χ0) is 13.8. The number of rotatable bonds is 4. The smallest absolute Gasteiger partial charge is 0.317 e. The summed E-state index contributed by atoms with van der Waals surface area (Å²) in [7, 11) is 0. The van der Waals surface area contributed by atoms with Crippen molar-refractivity contribution in [3.05, 3.63) is 35.4 Å². The Morgan fingerprint density at radius 2 is 2.05 bits per heavy atom. The van der Waals surface area contributed by atoms with Gasteiger partial charge < -0.3 is 10.2 Å². The highest BCUT2D eigenvalue weighted by Gasteiger charge is 2.28. The summed E-state index contributed by atoms with van der Waals surface area (Å²) in [5.41, 5.74) is 2.47. The van der Waals surface area contributed by atoms with Gasteiger partial charge in [0.05, 0.1) is 12.6 Å². The molecule has 1 aromatic rings. The maximum atomic E-state index is 10.7. The fraction of sp³-hybridized carbons (Fsp3) is 0.533. The highest BCUT2D eigenvalue weighted by atomic mass is 16.4. The Kier molecular flexibility index (Phi) is 4.56. The van der Waals surface area contributed by atoms with Crippen molar-refractivity contribution in [1.82, 2.24) is 4.90 Å². The van der Waals surface area contributed by atoms with Gasteiger partial charge in [-0.15, -0.1) is 0 Å². The van der Waals surface area contributed by atoms with Crippen molar-refractivity contribution in [2.45, 2.75) is 25.9 Å². The zero-order valence-corrected chi connectivity index (χ0v) is 11.2. The number of carbonyl (C=O) groups is 1. The average molecular weight is 263 g/mol. The van der Waals surface area contributed by atoms with E-state index < -0.39 is 12.1 Å². The van der Waals surface area contributed by atoms with Crippen LogP contribution in [-0.2, 0) is 11.2 Å². The summed E-state index contributed by atoms with van der Waals surface area (Å²) < 4.78 is 0. The molecule has 0 aliphatic carbocycles. The molecule has 0 amide bonds. The number of carboxylic acid groups (broad SMARTS) is 1. The lowest BCUT2D eigenvalue weighted by Gasteiger charge is -2.35. The predicted molar refractivity (Wildman–Crippen MR) is 73.1 cm³/mol. The second-order valence-corrected chi connectivity index (χ2v) is 5.43. The van der Waals surface area contributed by atoms with E-state index in [2.05, 4.69) is 31.2 Å². The van der Waals surface area contributed by atoms with Gasteiger partial charge in [0, 0.05) is 6.54 Å². The number of hydrogen-bond acceptors (Lipinski definition) is 3. The first-order chi connectivity index (χ1) is 9.04. The molecule has 0 aromatic heterocycles. The van der Waals surface area contributed by atoms with Crippen molar-refractivity contribution in [2.75, 3.05) is 19.6 Å². The summed E-state index contributed by atoms with van der Waals surface area (Å²) in [6, 6.07) is 8.37. The molecule has 2 atom stereocenters. The Bertz CT molecular complexity index is 430. The molecule has 4 nitrogen and oxygen atoms in total. The van der Waals surface area contributed by atoms with Crippen LogP contribution < -0.4 is 0 Å². The van der Waals surface area contributed by atoms with Crippen LogP contribution in [0.2, 0.25) is 0 Å². The first kappa shape index (κ1) is 14.0. The Balaban J connectivity index is 1.89. The number of β-amino-alcohol motifs (C(OH)–C–C–N with tert-alkyl or cyclic N) is 1. The van der Waals surface area contributed by atoms with Crippen LogP contribution in [-0.4, -0.2) is 46.8 Å². The summed E-state index contributed by atoms with van der Waals surface area (Å²) in [6.07, 6.45) is 1.28. The maximum Gasteiger partial charge on any atom is 0.317 e. The average Bonchev–Trinajstić information content (AvgIpc) is 2.34. The highest BCUT2D eigenvalue weighted by Crippen LogP contribution is 2.22. The molecule has 1 saturated heterocycles. The molecule has 2 rings (SSSR count). The zero-order valence-electron chi connectivity index (χ0n) is 11.2. The number of likely N-dealkylation sites (tertiary alicyclic amines) is 1. The number of piperidine rings is 1. The van der Waals surface area contributed by atoms with Crippen LogP contribution in [0.5, 0.6) is 0 Å². The van der Waals surface area contributed by atoms with E-state index in [0.717, 1.165) is 19.4 Å². The van der Waals surface area contributed by atoms with Crippen LogP contribution >= 0.6 is 0 Å². The number of aliphatic carboxylic acids is 1. The molecule has 2 N–H and O–H groups in total. The van der Waals surface area contributed by atoms with Gasteiger partial charge >= 0.3 is 5.97 Å². The molecule has 104 valence electrons. The third-order valence-electron chi connectivity index (χ3n) is 3.78. The number of benzene rings is 1. The van der Waals surface area contributed by atoms with Gasteiger partial charge in [0.25, 0.3) is 0 Å². The lowest BCUT2D eigenvalue weighted by atomic mass is 9.87. The van der Waals surface area contributed by atoms with Gasteiger partial charge in [0.15, 0.2) is 0 Å². The monoisotopic (exact) mass is 263 g/mol. The molecule has 19 heavy (non-hydrogen) atoms. The summed E-state index contributed by atoms with van der Waals surface area (Å²) in [4.78, 5) is 12.5. The number of aliphatic hydroxyl groups is 1. The Morgan fingerprint density at radius 1 is 1.37 bits per heavy atom. The standard InChI is InChI=1S/C15H21NO3/c1-11-2-4-12(5-3-11)8-13-6-7-16(9-14(13)17)10-15(18)19/h2-5,13-14,17H,6-10H2,1H3,(H,18,19)/t13-,14+/m0/s1. The van der Waals surface area contributed by atoms with Crippen LogP contribution in [0.3, 0.4) is 0 Å². The van der Waals surface area contributed by atoms with Gasteiger partial charge in [-0.2, -0.15) is 0 Å². The summed E-state index contributed by atoms with van der Waals surface area (Å²) in [5, 5.41) is 18.9. The first-order valence-corrected chi connectivity index (χ1v) is 6.72. The van der Waals surface area contributed by atoms with Crippen LogP contribution in [0.15, 0.2) is 24.3 Å². The van der Waals surface area contributed by atoms with Crippen molar-refractivity contribution >= 4 is 5.97 Å². The van der Waals surface area contributed by atoms with Crippen LogP contribution in [0.1, 0.15) is 17.5 Å². The van der Waals surface area contributed by atoms with E-state index in [1.807, 2.05) is 0 Å². The molecule has 1 aliphatic rings. The predicted octanol–water partition coefficient (Wildman–Crippen LogP) is 1.30. The fourth-order valence-corrected chi connectivity index (χ4v) is 2.65. The highest BCUT2D eigenvalue weighted by molar-refractivity contribution is 5.69. The van der Waals surface area contributed by atoms with E-state index in [-0.39, 0.29) is 12.5 Å². The number of nitrogens with zero attached hydrogens (tertiary/aromatic N) is 1. The minimum Gasteiger partial charge on any atom is -0.480 e. The van der Waals surface area contributed by atoms with Gasteiger partial charge in [-0.25, -0.2) is 0 Å². The van der Waals surface area contributed by atoms with E-state index in [1.165, 1.54) is 11.1 Å². The van der Waals surface area contributed by atoms with Gasteiger partial charge in [-0.1, -0.05) is 29.8 Å². The number of carboxylic acids is 1. The van der Waals surface area contributed by atoms with Crippen molar-refractivity contribution in [3.63, 3.8) is 0 Å². The Labute approximate surface area is 113 Å². The maximum absolute atomic E-state index is 10.7. The molecule has 1 fully saturated rings. The van der Waals surface area contributed by atoms with Crippen molar-refractivity contribution in [3.8, 4) is 0 Å². The number of aryl methyl sites for hydroxylation is 1. The van der Waals surface area contributed by atoms with Crippen molar-refractivity contribution < 1.29 is 15.0 Å². The topological polar surface area (TPSA) is 60.8 Å². The van der Waals surface area contributed by atoms with E-state index in [9.17, 15) is 9.90 Å². The molecule has 4 heteroatoms. The van der Waals surface area contributed by atoms with Crippen LogP contribution in [0.25, 0.3) is 0 Å². The third kappa shape index (κ3) is 4.04. The lowest BCUT2D eigenvalue weighted by molar-refractivity contribution is -0.139. The molecule has 0 unspecified atom stereocenters. The Hall–Kier alpha value is -1.39. The van der Waals surface area contributed by atoms with E-state index in [0.29, 0.717) is 6.54 Å². The van der Waals surface area contributed by atoms with Crippen LogP contribution in [0.4, 0.5) is 0 Å². The molecular formula is C15H21NO3. The normalized spacial score (nSPS) is 24.3. The molecule has 0 spiro atoms. The largest absolute Gasteiger partial charge is 0.480 e. The second-order valence-electron chi connectivity index (χ2n) is 5.43. The first-order valence-electron chi connectivity index (χ1n) is 6.72. The minimum atomic E-state index is -0.829. The molecule has 0 bridgehead atoms. The Morgan fingerprint density at radius 3 is 2.63 bits per heavy atom. The van der Waals surface area contributed by atoms with Gasteiger partial charge in [-0.3, -0.25) is 9.69 Å². The van der Waals surface area contributed by atoms with Crippen molar-refractivity contribution in [1.29, 1.82) is 0 Å². The van der Waals surface area contributed by atoms with E-state index in [4.69, 9.17) is 5.11 Å². The SMILES string of the molecule is Cc1ccc(C[C@@H]2CCN(CC(=O)O)C[C@H]2O)cc1. The molecule has 0 saturated carbocycles. The molecule has 1 heterocycles. The summed E-state index contributed by atoms with van der Waals surface area (Å²) in [5.74, 6) is -0.600. The molecule has 0 radical (unpaired) electrons. The molecular weight excluding hydrogens is 242 g/mol. The molecule has 1 aliphatic heterocycles. The number of aliphatic hydroxyl groups excluding tert-OH is 1. The fourth-order valence-electron chi connectivity index (χ4n) is 2.65. The molecule has 1 aromatic carbocycles. The van der Waals surface area contributed by atoms with Gasteiger partial charge in [0.1, 0.15) is 0 Å². The lowest BCUT2D eigenvalue weighted by Crippen LogP contribution is -2.46. The summed E-state index contributed by atoms with van der Waals surface area (Å²) >= 11 is 0. The van der Waals surface area contributed by atoms with E-state index >= 15 is 0 Å². The van der Waals surface area contributed by atoms with Gasteiger partial charge in [0.2, 0.25) is 0 Å². The van der Waals surface area contributed by atoms with Crippen molar-refractivity contribution in [2.24, 2.45) is 5.92 Å². The van der Waals surface area contributed by atoms with Crippen LogP contribution in [0, 0.1) is 12.8 Å². The summed E-state index contributed by atoms with van der Waals surface area (Å²) in [6.45, 7) is 3.29. The third-order valence-corrected chi connectivity index (χ3v) is 3.78. The quantitative estimate of drug-likeness (QED) is 0.859.